The molecule has 1 saturated carbocycles. The molecule has 140 valence electrons. The van der Waals surface area contributed by atoms with Crippen LogP contribution < -0.4 is 9.64 Å². The summed E-state index contributed by atoms with van der Waals surface area (Å²) in [7, 11) is 0. The Morgan fingerprint density at radius 3 is 2.54 bits per heavy atom. The van der Waals surface area contributed by atoms with E-state index in [-0.39, 0.29) is 17.9 Å². The SMILES string of the molecule is CCOc1ccc(N2C(=O)CC(N3CCCC4CCCCC43)C2=O)cc1. The number of benzene rings is 1. The van der Waals surface area contributed by atoms with Crippen molar-refractivity contribution in [3.63, 3.8) is 0 Å². The van der Waals surface area contributed by atoms with Crippen LogP contribution in [-0.4, -0.2) is 41.9 Å². The van der Waals surface area contributed by atoms with Gasteiger partial charge in [0.2, 0.25) is 5.91 Å². The third-order valence-corrected chi connectivity index (χ3v) is 6.22. The predicted octanol–water partition coefficient (Wildman–Crippen LogP) is 3.37. The van der Waals surface area contributed by atoms with Gasteiger partial charge in [-0.1, -0.05) is 12.8 Å². The van der Waals surface area contributed by atoms with Gasteiger partial charge < -0.3 is 4.74 Å². The van der Waals surface area contributed by atoms with Crippen LogP contribution in [0.3, 0.4) is 0 Å². The van der Waals surface area contributed by atoms with E-state index < -0.39 is 0 Å². The molecule has 3 atom stereocenters. The molecule has 0 bridgehead atoms. The Morgan fingerprint density at radius 2 is 1.77 bits per heavy atom. The van der Waals surface area contributed by atoms with Crippen LogP contribution in [0.5, 0.6) is 5.75 Å². The van der Waals surface area contributed by atoms with Gasteiger partial charge in [0.05, 0.1) is 24.8 Å². The van der Waals surface area contributed by atoms with Crippen molar-refractivity contribution in [2.24, 2.45) is 5.92 Å². The second-order valence-corrected chi connectivity index (χ2v) is 7.71. The van der Waals surface area contributed by atoms with E-state index >= 15 is 0 Å². The minimum Gasteiger partial charge on any atom is -0.494 e. The van der Waals surface area contributed by atoms with E-state index in [0.717, 1.165) is 18.7 Å². The van der Waals surface area contributed by atoms with Gasteiger partial charge in [-0.15, -0.1) is 0 Å². The van der Waals surface area contributed by atoms with E-state index in [1.54, 1.807) is 0 Å². The van der Waals surface area contributed by atoms with Crippen molar-refractivity contribution in [3.05, 3.63) is 24.3 Å². The first-order valence-electron chi connectivity index (χ1n) is 10.0. The summed E-state index contributed by atoms with van der Waals surface area (Å²) in [4.78, 5) is 29.5. The summed E-state index contributed by atoms with van der Waals surface area (Å²) in [6.45, 7) is 3.48. The number of fused-ring (bicyclic) bond motifs is 1. The lowest BCUT2D eigenvalue weighted by Crippen LogP contribution is -2.54. The predicted molar refractivity (Wildman–Crippen MR) is 100 cm³/mol. The average Bonchev–Trinajstić information content (AvgIpc) is 2.96. The molecule has 0 aromatic heterocycles. The summed E-state index contributed by atoms with van der Waals surface area (Å²) in [5.74, 6) is 1.33. The molecular formula is C21H28N2O3. The molecule has 3 fully saturated rings. The Kier molecular flexibility index (Phi) is 4.98. The molecule has 0 N–H and O–H groups in total. The number of anilines is 1. The van der Waals surface area contributed by atoms with Gasteiger partial charge >= 0.3 is 0 Å². The molecule has 2 heterocycles. The smallest absolute Gasteiger partial charge is 0.251 e. The molecule has 1 aliphatic carbocycles. The number of rotatable bonds is 4. The number of imide groups is 1. The number of carbonyl (C=O) groups is 2. The van der Waals surface area contributed by atoms with E-state index in [0.29, 0.717) is 30.7 Å². The maximum absolute atomic E-state index is 13.1. The molecule has 1 aromatic rings. The van der Waals surface area contributed by atoms with Gasteiger partial charge in [-0.25, -0.2) is 4.90 Å². The zero-order valence-electron chi connectivity index (χ0n) is 15.5. The molecule has 3 aliphatic rings. The standard InChI is InChI=1S/C21H28N2O3/c1-2-26-17-11-9-16(10-12-17)23-20(24)14-19(21(23)25)22-13-5-7-15-6-3-4-8-18(15)22/h9-12,15,18-19H,2-8,13-14H2,1H3. The number of carbonyl (C=O) groups excluding carboxylic acids is 2. The van der Waals surface area contributed by atoms with Crippen LogP contribution in [0, 0.1) is 5.92 Å². The number of amides is 2. The molecular weight excluding hydrogens is 328 g/mol. The molecule has 5 nitrogen and oxygen atoms in total. The molecule has 5 heteroatoms. The number of hydrogen-bond acceptors (Lipinski definition) is 4. The Balaban J connectivity index is 1.53. The number of hydrogen-bond donors (Lipinski definition) is 0. The van der Waals surface area contributed by atoms with Gasteiger partial charge in [0.25, 0.3) is 5.91 Å². The number of likely N-dealkylation sites (tertiary alicyclic amines) is 1. The first kappa shape index (κ1) is 17.5. The number of ether oxygens (including phenoxy) is 1. The fourth-order valence-electron chi connectivity index (χ4n) is 5.05. The van der Waals surface area contributed by atoms with Gasteiger partial charge in [0.1, 0.15) is 5.75 Å². The highest BCUT2D eigenvalue weighted by atomic mass is 16.5. The number of piperidine rings is 1. The minimum atomic E-state index is -0.278. The van der Waals surface area contributed by atoms with Gasteiger partial charge in [-0.3, -0.25) is 14.5 Å². The van der Waals surface area contributed by atoms with Crippen molar-refractivity contribution in [1.29, 1.82) is 0 Å². The summed E-state index contributed by atoms with van der Waals surface area (Å²) >= 11 is 0. The van der Waals surface area contributed by atoms with Crippen molar-refractivity contribution in [2.45, 2.75) is 64.0 Å². The molecule has 4 rings (SSSR count). The highest BCUT2D eigenvalue weighted by molar-refractivity contribution is 6.22. The normalized spacial score (nSPS) is 29.7. The third-order valence-electron chi connectivity index (χ3n) is 6.22. The van der Waals surface area contributed by atoms with Crippen LogP contribution in [0.25, 0.3) is 0 Å². The second kappa shape index (κ2) is 7.39. The summed E-state index contributed by atoms with van der Waals surface area (Å²) < 4.78 is 5.46. The lowest BCUT2D eigenvalue weighted by atomic mass is 9.77. The second-order valence-electron chi connectivity index (χ2n) is 7.71. The Hall–Kier alpha value is -1.88. The van der Waals surface area contributed by atoms with Crippen molar-refractivity contribution < 1.29 is 14.3 Å². The Labute approximate surface area is 155 Å². The van der Waals surface area contributed by atoms with Crippen LogP contribution in [-0.2, 0) is 9.59 Å². The maximum atomic E-state index is 13.1. The van der Waals surface area contributed by atoms with Crippen LogP contribution in [0.1, 0.15) is 51.9 Å². The molecule has 3 unspecified atom stereocenters. The largest absolute Gasteiger partial charge is 0.494 e. The van der Waals surface area contributed by atoms with Crippen molar-refractivity contribution in [2.75, 3.05) is 18.1 Å². The van der Waals surface area contributed by atoms with E-state index in [4.69, 9.17) is 4.74 Å². The zero-order chi connectivity index (χ0) is 18.1. The van der Waals surface area contributed by atoms with Crippen LogP contribution in [0.4, 0.5) is 5.69 Å². The summed E-state index contributed by atoms with van der Waals surface area (Å²) in [5.41, 5.74) is 0.656. The molecule has 1 aromatic carbocycles. The fourth-order valence-corrected chi connectivity index (χ4v) is 5.05. The maximum Gasteiger partial charge on any atom is 0.251 e. The van der Waals surface area contributed by atoms with Crippen LogP contribution >= 0.6 is 0 Å². The highest BCUT2D eigenvalue weighted by Gasteiger charge is 2.47. The summed E-state index contributed by atoms with van der Waals surface area (Å²) in [6.07, 6.45) is 7.74. The Bertz CT molecular complexity index is 670. The Morgan fingerprint density at radius 1 is 1.04 bits per heavy atom. The van der Waals surface area contributed by atoms with Crippen molar-refractivity contribution >= 4 is 17.5 Å². The summed E-state index contributed by atoms with van der Waals surface area (Å²) in [5, 5.41) is 0. The number of nitrogens with zero attached hydrogens (tertiary/aromatic N) is 2. The van der Waals surface area contributed by atoms with Gasteiger partial charge in [-0.05, 0) is 69.3 Å². The summed E-state index contributed by atoms with van der Waals surface area (Å²) in [6, 6.07) is 7.47. The molecule has 2 saturated heterocycles. The first-order chi connectivity index (χ1) is 12.7. The van der Waals surface area contributed by atoms with E-state index in [9.17, 15) is 9.59 Å². The average molecular weight is 356 g/mol. The lowest BCUT2D eigenvalue weighted by molar-refractivity contribution is -0.124. The van der Waals surface area contributed by atoms with Crippen molar-refractivity contribution in [3.8, 4) is 5.75 Å². The van der Waals surface area contributed by atoms with E-state index in [1.807, 2.05) is 31.2 Å². The van der Waals surface area contributed by atoms with Crippen molar-refractivity contribution in [1.82, 2.24) is 4.90 Å². The van der Waals surface area contributed by atoms with E-state index in [2.05, 4.69) is 4.90 Å². The highest BCUT2D eigenvalue weighted by Crippen LogP contribution is 2.38. The quantitative estimate of drug-likeness (QED) is 0.776. The molecule has 2 aliphatic heterocycles. The van der Waals surface area contributed by atoms with Crippen LogP contribution in [0.2, 0.25) is 0 Å². The third kappa shape index (κ3) is 3.13. The zero-order valence-corrected chi connectivity index (χ0v) is 15.5. The molecule has 0 radical (unpaired) electrons. The van der Waals surface area contributed by atoms with Gasteiger partial charge in [0, 0.05) is 6.04 Å². The minimum absolute atomic E-state index is 0.0506. The first-order valence-corrected chi connectivity index (χ1v) is 10.0. The van der Waals surface area contributed by atoms with Gasteiger partial charge in [-0.2, -0.15) is 0 Å². The lowest BCUT2D eigenvalue weighted by Gasteiger charge is -2.46. The molecule has 0 spiro atoms. The van der Waals surface area contributed by atoms with E-state index in [1.165, 1.54) is 37.0 Å². The topological polar surface area (TPSA) is 49.9 Å². The van der Waals surface area contributed by atoms with Gasteiger partial charge in [0.15, 0.2) is 0 Å². The fraction of sp³-hybridized carbons (Fsp3) is 0.619. The molecule has 26 heavy (non-hydrogen) atoms. The molecule has 2 amide bonds. The monoisotopic (exact) mass is 356 g/mol. The van der Waals surface area contributed by atoms with Crippen LogP contribution in [0.15, 0.2) is 24.3 Å².